The molecule has 0 N–H and O–H groups in total. The van der Waals surface area contributed by atoms with Gasteiger partial charge in [-0.05, 0) is 61.8 Å². The van der Waals surface area contributed by atoms with Crippen molar-refractivity contribution in [2.75, 3.05) is 13.1 Å². The number of nitrogens with zero attached hydrogens (tertiary/aromatic N) is 2. The van der Waals surface area contributed by atoms with Crippen LogP contribution < -0.4 is 0 Å². The highest BCUT2D eigenvalue weighted by molar-refractivity contribution is 6.70. The smallest absolute Gasteiger partial charge is 0.303 e. The molecule has 0 aromatic heterocycles. The number of likely N-dealkylation sites (tertiary alicyclic amines) is 1. The monoisotopic (exact) mass is 352 g/mol. The number of ether oxygens (including phenoxy) is 1. The highest BCUT2D eigenvalue weighted by Gasteiger charge is 2.35. The first-order chi connectivity index (χ1) is 12.3. The number of hydrogen-bond donors (Lipinski definition) is 0. The summed E-state index contributed by atoms with van der Waals surface area (Å²) < 4.78 is 5.51. The van der Waals surface area contributed by atoms with Gasteiger partial charge in [0.2, 0.25) is 0 Å². The van der Waals surface area contributed by atoms with E-state index in [-0.39, 0.29) is 18.3 Å². The maximum absolute atomic E-state index is 11.3. The third kappa shape index (κ3) is 4.12. The summed E-state index contributed by atoms with van der Waals surface area (Å²) in [6, 6.07) is 4.65. The molecule has 0 radical (unpaired) electrons. The predicted molar refractivity (Wildman–Crippen MR) is 104 cm³/mol. The second kappa shape index (κ2) is 7.44. The van der Waals surface area contributed by atoms with Crippen LogP contribution in [0.25, 0.3) is 0 Å². The molecule has 5 heteroatoms. The van der Waals surface area contributed by atoms with Gasteiger partial charge in [0.1, 0.15) is 5.60 Å². The van der Waals surface area contributed by atoms with Crippen molar-refractivity contribution in [1.82, 2.24) is 4.90 Å². The van der Waals surface area contributed by atoms with E-state index >= 15 is 0 Å². The van der Waals surface area contributed by atoms with Gasteiger partial charge in [0, 0.05) is 32.5 Å². The molecule has 3 rings (SSSR count). The van der Waals surface area contributed by atoms with E-state index in [0.29, 0.717) is 5.92 Å². The summed E-state index contributed by atoms with van der Waals surface area (Å²) in [5.41, 5.74) is 5.22. The SMILES string of the molecule is CC(=O)OC1(C)CCN(Cc2c(C)cc(C3CB(C#N)C3)cc2C)CC1. The first-order valence-electron chi connectivity index (χ1n) is 9.71. The van der Waals surface area contributed by atoms with Gasteiger partial charge >= 0.3 is 5.97 Å². The lowest BCUT2D eigenvalue weighted by atomic mass is 9.32. The van der Waals surface area contributed by atoms with E-state index in [1.54, 1.807) is 0 Å². The van der Waals surface area contributed by atoms with Crippen molar-refractivity contribution in [2.24, 2.45) is 0 Å². The van der Waals surface area contributed by atoms with Crippen LogP contribution >= 0.6 is 0 Å². The van der Waals surface area contributed by atoms with Crippen molar-refractivity contribution < 1.29 is 9.53 Å². The van der Waals surface area contributed by atoms with E-state index in [2.05, 4.69) is 36.8 Å². The van der Waals surface area contributed by atoms with Crippen LogP contribution in [-0.2, 0) is 16.1 Å². The molecule has 26 heavy (non-hydrogen) atoms. The fourth-order valence-electron chi connectivity index (χ4n) is 4.36. The van der Waals surface area contributed by atoms with Crippen LogP contribution in [0, 0.1) is 25.1 Å². The molecule has 0 amide bonds. The average molecular weight is 352 g/mol. The number of esters is 1. The van der Waals surface area contributed by atoms with Gasteiger partial charge < -0.3 is 4.74 Å². The molecule has 2 heterocycles. The molecule has 0 unspecified atom stereocenters. The summed E-state index contributed by atoms with van der Waals surface area (Å²) in [6.45, 7) is 11.1. The molecule has 138 valence electrons. The predicted octanol–water partition coefficient (Wildman–Crippen LogP) is 3.88. The lowest BCUT2D eigenvalue weighted by Crippen LogP contribution is -2.44. The summed E-state index contributed by atoms with van der Waals surface area (Å²) in [4.78, 5) is 13.7. The zero-order valence-electron chi connectivity index (χ0n) is 16.5. The summed E-state index contributed by atoms with van der Waals surface area (Å²) in [5.74, 6) is 2.75. The highest BCUT2D eigenvalue weighted by atomic mass is 16.6. The van der Waals surface area contributed by atoms with E-state index in [1.165, 1.54) is 29.2 Å². The third-order valence-electron chi connectivity index (χ3n) is 6.20. The Balaban J connectivity index is 1.62. The lowest BCUT2D eigenvalue weighted by molar-refractivity contribution is -0.159. The largest absolute Gasteiger partial charge is 0.459 e. The lowest BCUT2D eigenvalue weighted by Gasteiger charge is -2.39. The van der Waals surface area contributed by atoms with E-state index in [0.717, 1.165) is 45.1 Å². The van der Waals surface area contributed by atoms with Crippen LogP contribution in [0.2, 0.25) is 12.6 Å². The molecule has 2 saturated heterocycles. The van der Waals surface area contributed by atoms with Gasteiger partial charge in [0.25, 0.3) is 6.71 Å². The number of aryl methyl sites for hydroxylation is 2. The van der Waals surface area contributed by atoms with Crippen LogP contribution in [0.5, 0.6) is 0 Å². The van der Waals surface area contributed by atoms with Crippen LogP contribution in [0.4, 0.5) is 0 Å². The molecular formula is C21H29BN2O2. The van der Waals surface area contributed by atoms with Crippen molar-refractivity contribution in [3.05, 3.63) is 34.4 Å². The zero-order valence-corrected chi connectivity index (χ0v) is 16.5. The Morgan fingerprint density at radius 1 is 1.31 bits per heavy atom. The highest BCUT2D eigenvalue weighted by Crippen LogP contribution is 2.39. The first kappa shape index (κ1) is 19.0. The first-order valence-corrected chi connectivity index (χ1v) is 9.71. The molecule has 0 aliphatic carbocycles. The maximum atomic E-state index is 11.3. The zero-order chi connectivity index (χ0) is 18.9. The molecule has 1 aromatic rings. The topological polar surface area (TPSA) is 53.3 Å². The fraction of sp³-hybridized carbons (Fsp3) is 0.619. The minimum atomic E-state index is -0.308. The second-order valence-electron chi connectivity index (χ2n) is 8.45. The van der Waals surface area contributed by atoms with Crippen LogP contribution in [0.3, 0.4) is 0 Å². The molecule has 4 nitrogen and oxygen atoms in total. The van der Waals surface area contributed by atoms with Crippen LogP contribution in [0.15, 0.2) is 12.1 Å². The number of piperidine rings is 1. The van der Waals surface area contributed by atoms with Gasteiger partial charge in [-0.2, -0.15) is 0 Å². The number of carbonyl (C=O) groups excluding carboxylic acids is 1. The van der Waals surface area contributed by atoms with E-state index in [1.807, 2.05) is 6.92 Å². The Hall–Kier alpha value is -1.80. The molecule has 0 saturated carbocycles. The Morgan fingerprint density at radius 3 is 2.38 bits per heavy atom. The number of benzene rings is 1. The van der Waals surface area contributed by atoms with Crippen molar-refractivity contribution in [3.8, 4) is 5.97 Å². The molecule has 2 aliphatic heterocycles. The molecule has 0 atom stereocenters. The Bertz CT molecular complexity index is 703. The van der Waals surface area contributed by atoms with Gasteiger partial charge in [-0.1, -0.05) is 24.8 Å². The third-order valence-corrected chi connectivity index (χ3v) is 6.20. The van der Waals surface area contributed by atoms with Gasteiger partial charge in [0.05, 0.1) is 0 Å². The minimum absolute atomic E-state index is 0.183. The summed E-state index contributed by atoms with van der Waals surface area (Å²) in [5, 5.41) is 8.99. The second-order valence-corrected chi connectivity index (χ2v) is 8.45. The average Bonchev–Trinajstić information content (AvgIpc) is 2.51. The Labute approximate surface area is 157 Å². The summed E-state index contributed by atoms with van der Waals surface area (Å²) >= 11 is 0. The van der Waals surface area contributed by atoms with E-state index < -0.39 is 0 Å². The Morgan fingerprint density at radius 2 is 1.88 bits per heavy atom. The molecule has 1 aromatic carbocycles. The van der Waals surface area contributed by atoms with Crippen molar-refractivity contribution >= 4 is 12.7 Å². The van der Waals surface area contributed by atoms with Gasteiger partial charge in [-0.15, -0.1) is 0 Å². The molecule has 0 bridgehead atoms. The number of hydrogen-bond acceptors (Lipinski definition) is 4. The molecule has 0 spiro atoms. The normalized spacial score (nSPS) is 20.3. The van der Waals surface area contributed by atoms with Crippen molar-refractivity contribution in [1.29, 1.82) is 5.26 Å². The van der Waals surface area contributed by atoms with Gasteiger partial charge in [-0.25, -0.2) is 5.26 Å². The van der Waals surface area contributed by atoms with Crippen LogP contribution in [0.1, 0.15) is 54.9 Å². The quantitative estimate of drug-likeness (QED) is 0.610. The summed E-state index contributed by atoms with van der Waals surface area (Å²) in [7, 11) is 0. The van der Waals surface area contributed by atoms with Crippen molar-refractivity contribution in [3.63, 3.8) is 0 Å². The molecular weight excluding hydrogens is 323 g/mol. The van der Waals surface area contributed by atoms with E-state index in [9.17, 15) is 4.79 Å². The number of nitriles is 1. The van der Waals surface area contributed by atoms with Gasteiger partial charge in [-0.3, -0.25) is 9.69 Å². The maximum Gasteiger partial charge on any atom is 0.303 e. The standard InChI is InChI=1S/C21H29BN2O2/c1-15-9-18(19-11-22(12-19)14-23)10-16(2)20(15)13-24-7-5-21(4,6-8-24)26-17(3)25/h9-10,19H,5-8,11-13H2,1-4H3. The molecule has 2 aliphatic rings. The van der Waals surface area contributed by atoms with Gasteiger partial charge in [0.15, 0.2) is 0 Å². The molecule has 2 fully saturated rings. The van der Waals surface area contributed by atoms with Crippen LogP contribution in [-0.4, -0.2) is 36.3 Å². The minimum Gasteiger partial charge on any atom is -0.459 e. The number of rotatable bonds is 4. The summed E-state index contributed by atoms with van der Waals surface area (Å²) in [6.07, 6.45) is 3.80. The number of carbonyl (C=O) groups is 1. The van der Waals surface area contributed by atoms with E-state index in [4.69, 9.17) is 10.00 Å². The Kier molecular flexibility index (Phi) is 5.43. The fourth-order valence-corrected chi connectivity index (χ4v) is 4.36. The van der Waals surface area contributed by atoms with Crippen molar-refractivity contribution in [2.45, 2.75) is 71.2 Å².